The molecule has 1 aromatic heterocycles. The van der Waals surface area contributed by atoms with Gasteiger partial charge in [-0.3, -0.25) is 5.01 Å². The molecule has 4 nitrogen and oxygen atoms in total. The van der Waals surface area contributed by atoms with Crippen molar-refractivity contribution < 1.29 is 13.7 Å². The summed E-state index contributed by atoms with van der Waals surface area (Å²) in [6.07, 6.45) is -9.14. The molecular formula is C8H14N4. The molecule has 0 aliphatic carbocycles. The molecule has 0 radical (unpaired) electrons. The molecule has 1 aliphatic rings. The number of nitrogens with zero attached hydrogens (tertiary/aromatic N) is 3. The molecule has 0 atom stereocenters. The van der Waals surface area contributed by atoms with Crippen molar-refractivity contribution in [1.29, 1.82) is 0 Å². The van der Waals surface area contributed by atoms with Crippen LogP contribution in [-0.2, 0) is 0 Å². The van der Waals surface area contributed by atoms with E-state index in [1.807, 2.05) is 0 Å². The van der Waals surface area contributed by atoms with Crippen LogP contribution in [0.5, 0.6) is 0 Å². The van der Waals surface area contributed by atoms with Gasteiger partial charge in [-0.2, -0.15) is 9.89 Å². The average Bonchev–Trinajstić information content (AvgIpc) is 2.73. The lowest BCUT2D eigenvalue weighted by atomic mass is 10.2. The minimum absolute atomic E-state index is 0.0661. The van der Waals surface area contributed by atoms with Gasteiger partial charge < -0.3 is 5.73 Å². The van der Waals surface area contributed by atoms with Gasteiger partial charge in [-0.25, -0.2) is 0 Å². The summed E-state index contributed by atoms with van der Waals surface area (Å²) in [5.41, 5.74) is 5.55. The summed E-state index contributed by atoms with van der Waals surface area (Å²) in [4.78, 5) is 0.505. The number of anilines is 1. The van der Waals surface area contributed by atoms with Crippen LogP contribution < -0.4 is 10.7 Å². The lowest BCUT2D eigenvalue weighted by molar-refractivity contribution is 0.453. The van der Waals surface area contributed by atoms with Crippen molar-refractivity contribution in [2.75, 3.05) is 23.7 Å². The normalized spacial score (nSPS) is 51.5. The van der Waals surface area contributed by atoms with E-state index in [0.29, 0.717) is 4.79 Å². The van der Waals surface area contributed by atoms with Gasteiger partial charge in [0.1, 0.15) is 5.82 Å². The highest BCUT2D eigenvalue weighted by Crippen LogP contribution is 2.09. The predicted molar refractivity (Wildman–Crippen MR) is 48.4 cm³/mol. The Balaban J connectivity index is 2.81. The zero-order valence-electron chi connectivity index (χ0n) is 16.1. The van der Waals surface area contributed by atoms with Crippen LogP contribution in [0.2, 0.25) is 0 Å². The predicted octanol–water partition coefficient (Wildman–Crippen LogP) is 0.587. The van der Waals surface area contributed by atoms with Crippen molar-refractivity contribution in [3.05, 3.63) is 12.3 Å². The largest absolute Gasteiger partial charge is 0.382 e. The van der Waals surface area contributed by atoms with Crippen molar-refractivity contribution in [2.45, 2.75) is 19.1 Å². The summed E-state index contributed by atoms with van der Waals surface area (Å²) in [5.74, 6) is -0.248. The van der Waals surface area contributed by atoms with E-state index >= 15 is 0 Å². The van der Waals surface area contributed by atoms with Gasteiger partial charge in [0.15, 0.2) is 0 Å². The van der Waals surface area contributed by atoms with E-state index in [1.54, 1.807) is 0 Å². The average molecular weight is 176 g/mol. The van der Waals surface area contributed by atoms with Crippen LogP contribution in [0.15, 0.2) is 12.3 Å². The summed E-state index contributed by atoms with van der Waals surface area (Å²) >= 11 is 0. The monoisotopic (exact) mass is 176 g/mol. The molecule has 1 saturated heterocycles. The topological polar surface area (TPSA) is 47.1 Å². The van der Waals surface area contributed by atoms with Crippen LogP contribution in [-0.4, -0.2) is 22.9 Å². The minimum Gasteiger partial charge on any atom is -0.382 e. The maximum atomic E-state index is 7.90. The third-order valence-corrected chi connectivity index (χ3v) is 1.29. The first kappa shape index (κ1) is 2.19. The number of hydrogen-bond acceptors (Lipinski definition) is 3. The van der Waals surface area contributed by atoms with E-state index in [1.165, 1.54) is 6.07 Å². The Morgan fingerprint density at radius 2 is 2.17 bits per heavy atom. The number of nitrogen functional groups attached to an aromatic ring is 1. The van der Waals surface area contributed by atoms with Gasteiger partial charge in [-0.15, -0.1) is 0 Å². The number of piperidine rings is 1. The molecule has 0 aromatic carbocycles. The highest BCUT2D eigenvalue weighted by molar-refractivity contribution is 5.27. The molecule has 2 rings (SSSR count). The molecule has 2 heterocycles. The fraction of sp³-hybridized carbons (Fsp3) is 0.625. The Labute approximate surface area is 86.0 Å². The zero-order chi connectivity index (χ0) is 17.4. The van der Waals surface area contributed by atoms with Crippen molar-refractivity contribution in [3.8, 4) is 0 Å². The highest BCUT2D eigenvalue weighted by Gasteiger charge is 2.11. The third-order valence-electron chi connectivity index (χ3n) is 1.29. The van der Waals surface area contributed by atoms with Gasteiger partial charge in [-0.1, -0.05) is 0 Å². The van der Waals surface area contributed by atoms with Crippen LogP contribution in [0.25, 0.3) is 0 Å². The summed E-state index contributed by atoms with van der Waals surface area (Å²) < 4.78 is 77.9. The molecule has 1 fully saturated rings. The summed E-state index contributed by atoms with van der Waals surface area (Å²) in [7, 11) is 0. The standard InChI is InChI=1S/C8H14N4/c9-8-4-5-10-12(8)11-6-2-1-3-7-11/h4-5H,1-3,6-7,9H2/i1D2,2D2,3D2,6D2,7D2. The molecule has 4 heteroatoms. The molecule has 1 aliphatic heterocycles. The molecule has 1 aromatic rings. The smallest absolute Gasteiger partial charge is 0.145 e. The van der Waals surface area contributed by atoms with Gasteiger partial charge in [-0.05, 0) is 19.1 Å². The quantitative estimate of drug-likeness (QED) is 0.681. The second-order valence-electron chi connectivity index (χ2n) is 2.06. The van der Waals surface area contributed by atoms with E-state index in [-0.39, 0.29) is 10.8 Å². The van der Waals surface area contributed by atoms with Crippen molar-refractivity contribution >= 4 is 5.82 Å². The van der Waals surface area contributed by atoms with Crippen molar-refractivity contribution in [1.82, 2.24) is 9.89 Å². The SMILES string of the molecule is [2H]C1([2H])N(n2nccc2N)C([2H])([2H])C([2H])([2H])C([2H])([2H])C1([2H])[2H]. The number of aromatic nitrogens is 2. The van der Waals surface area contributed by atoms with E-state index in [2.05, 4.69) is 5.10 Å². The molecule has 0 saturated carbocycles. The molecule has 0 unspecified atom stereocenters. The fourth-order valence-corrected chi connectivity index (χ4v) is 0.789. The lowest BCUT2D eigenvalue weighted by Gasteiger charge is -2.28. The first-order valence-corrected chi connectivity index (χ1v) is 3.24. The van der Waals surface area contributed by atoms with Gasteiger partial charge in [0.2, 0.25) is 0 Å². The first-order valence-electron chi connectivity index (χ1n) is 8.24. The van der Waals surface area contributed by atoms with Gasteiger partial charge >= 0.3 is 0 Å². The molecule has 0 spiro atoms. The second kappa shape index (κ2) is 3.05. The maximum Gasteiger partial charge on any atom is 0.145 e. The van der Waals surface area contributed by atoms with E-state index < -0.39 is 32.1 Å². The van der Waals surface area contributed by atoms with Crippen LogP contribution in [0.3, 0.4) is 0 Å². The van der Waals surface area contributed by atoms with Gasteiger partial charge in [0.05, 0.1) is 11.7 Å². The van der Waals surface area contributed by atoms with E-state index in [4.69, 9.17) is 19.4 Å². The molecule has 2 N–H and O–H groups in total. The zero-order valence-corrected chi connectivity index (χ0v) is 6.07. The summed E-state index contributed by atoms with van der Waals surface area (Å²) in [5, 5.41) is 3.66. The molecule has 0 bridgehead atoms. The molecule has 0 amide bonds. The van der Waals surface area contributed by atoms with E-state index in [0.717, 1.165) is 6.20 Å². The van der Waals surface area contributed by atoms with E-state index in [9.17, 15) is 0 Å². The Morgan fingerprint density at radius 3 is 2.75 bits per heavy atom. The number of hydrogen-bond donors (Lipinski definition) is 1. The Hall–Kier alpha value is -1.19. The third kappa shape index (κ3) is 1.24. The van der Waals surface area contributed by atoms with Crippen LogP contribution in [0, 0.1) is 0 Å². The van der Waals surface area contributed by atoms with Gasteiger partial charge in [0.25, 0.3) is 0 Å². The highest BCUT2D eigenvalue weighted by atomic mass is 15.7. The van der Waals surface area contributed by atoms with Crippen molar-refractivity contribution in [3.63, 3.8) is 0 Å². The summed E-state index contributed by atoms with van der Waals surface area (Å²) in [6, 6.07) is 1.19. The lowest BCUT2D eigenvalue weighted by Crippen LogP contribution is -2.40. The Morgan fingerprint density at radius 1 is 1.42 bits per heavy atom. The second-order valence-corrected chi connectivity index (χ2v) is 2.06. The van der Waals surface area contributed by atoms with Crippen LogP contribution in [0.1, 0.15) is 32.8 Å². The van der Waals surface area contributed by atoms with Crippen LogP contribution >= 0.6 is 0 Å². The number of rotatable bonds is 1. The van der Waals surface area contributed by atoms with Crippen molar-refractivity contribution in [2.24, 2.45) is 0 Å². The fourth-order valence-electron chi connectivity index (χ4n) is 0.789. The Bertz CT molecular complexity index is 564. The molecule has 12 heavy (non-hydrogen) atoms. The first-order chi connectivity index (χ1) is 9.64. The Kier molecular flexibility index (Phi) is 0.555. The number of nitrogens with two attached hydrogens (primary N) is 1. The molecule has 66 valence electrons. The molecular weight excluding hydrogens is 152 g/mol. The van der Waals surface area contributed by atoms with Gasteiger partial charge in [0, 0.05) is 27.3 Å². The van der Waals surface area contributed by atoms with Crippen LogP contribution in [0.4, 0.5) is 5.82 Å². The minimum atomic E-state index is -3.45. The summed E-state index contributed by atoms with van der Waals surface area (Å²) in [6.45, 7) is -6.54. The maximum absolute atomic E-state index is 7.90.